The van der Waals surface area contributed by atoms with Gasteiger partial charge in [-0.25, -0.2) is 0 Å². The fraction of sp³-hybridized carbons (Fsp3) is 0.550. The maximum atomic E-state index is 12.5. The number of piperidine rings is 1. The van der Waals surface area contributed by atoms with Crippen LogP contribution in [0.3, 0.4) is 0 Å². The number of benzene rings is 1. The molecule has 8 nitrogen and oxygen atoms in total. The number of ether oxygens (including phenoxy) is 1. The van der Waals surface area contributed by atoms with E-state index in [-0.39, 0.29) is 24.3 Å². The number of amides is 1. The van der Waals surface area contributed by atoms with E-state index in [0.717, 1.165) is 5.56 Å². The van der Waals surface area contributed by atoms with Crippen molar-refractivity contribution in [3.8, 4) is 11.4 Å². The van der Waals surface area contributed by atoms with E-state index in [0.29, 0.717) is 44.3 Å². The molecule has 0 saturated carbocycles. The van der Waals surface area contributed by atoms with E-state index in [2.05, 4.69) is 41.4 Å². The summed E-state index contributed by atoms with van der Waals surface area (Å²) in [5.74, 6) is 0.614. The highest BCUT2D eigenvalue weighted by Gasteiger charge is 2.28. The third kappa shape index (κ3) is 4.74. The van der Waals surface area contributed by atoms with Gasteiger partial charge in [0.1, 0.15) is 6.54 Å². The van der Waals surface area contributed by atoms with Crippen LogP contribution in [0.5, 0.6) is 0 Å². The van der Waals surface area contributed by atoms with E-state index in [1.165, 1.54) is 10.4 Å². The molecule has 3 rings (SSSR count). The fourth-order valence-electron chi connectivity index (χ4n) is 3.29. The van der Waals surface area contributed by atoms with Crippen molar-refractivity contribution < 1.29 is 14.3 Å². The van der Waals surface area contributed by atoms with Crippen LogP contribution >= 0.6 is 0 Å². The van der Waals surface area contributed by atoms with Gasteiger partial charge in [0, 0.05) is 18.7 Å². The van der Waals surface area contributed by atoms with Crippen LogP contribution < -0.4 is 0 Å². The molecule has 0 bridgehead atoms. The van der Waals surface area contributed by atoms with Crippen LogP contribution in [0.1, 0.15) is 45.1 Å². The van der Waals surface area contributed by atoms with E-state index in [4.69, 9.17) is 4.74 Å². The van der Waals surface area contributed by atoms with Gasteiger partial charge in [0.15, 0.2) is 0 Å². The number of likely N-dealkylation sites (tertiary alicyclic amines) is 1. The first-order valence-corrected chi connectivity index (χ1v) is 9.80. The van der Waals surface area contributed by atoms with Crippen molar-refractivity contribution in [2.75, 3.05) is 19.7 Å². The highest BCUT2D eigenvalue weighted by Crippen LogP contribution is 2.20. The molecule has 2 aromatic rings. The molecule has 0 spiro atoms. The van der Waals surface area contributed by atoms with Gasteiger partial charge in [-0.3, -0.25) is 9.59 Å². The molecule has 1 aliphatic heterocycles. The average molecular weight is 385 g/mol. The monoisotopic (exact) mass is 385 g/mol. The van der Waals surface area contributed by atoms with Crippen LogP contribution in [0.25, 0.3) is 11.4 Å². The van der Waals surface area contributed by atoms with Crippen LogP contribution in [0, 0.1) is 5.92 Å². The molecule has 0 radical (unpaired) electrons. The second-order valence-electron chi connectivity index (χ2n) is 7.33. The topological polar surface area (TPSA) is 90.2 Å². The zero-order chi connectivity index (χ0) is 20.1. The molecule has 0 N–H and O–H groups in total. The minimum Gasteiger partial charge on any atom is -0.466 e. The molecule has 1 aromatic heterocycles. The zero-order valence-corrected chi connectivity index (χ0v) is 16.7. The van der Waals surface area contributed by atoms with E-state index < -0.39 is 0 Å². The number of tetrazole rings is 1. The number of esters is 1. The third-order valence-electron chi connectivity index (χ3n) is 5.03. The lowest BCUT2D eigenvalue weighted by molar-refractivity contribution is -0.151. The summed E-state index contributed by atoms with van der Waals surface area (Å²) in [6, 6.07) is 8.05. The lowest BCUT2D eigenvalue weighted by Gasteiger charge is -2.30. The van der Waals surface area contributed by atoms with Gasteiger partial charge >= 0.3 is 5.97 Å². The van der Waals surface area contributed by atoms with Crippen LogP contribution in [-0.4, -0.2) is 56.7 Å². The molecule has 28 heavy (non-hydrogen) atoms. The number of rotatable bonds is 6. The number of aromatic nitrogens is 4. The molecule has 1 fully saturated rings. The predicted molar refractivity (Wildman–Crippen MR) is 103 cm³/mol. The van der Waals surface area contributed by atoms with Crippen LogP contribution in [0.2, 0.25) is 0 Å². The summed E-state index contributed by atoms with van der Waals surface area (Å²) >= 11 is 0. The van der Waals surface area contributed by atoms with E-state index in [1.807, 2.05) is 12.1 Å². The van der Waals surface area contributed by atoms with Gasteiger partial charge in [0.2, 0.25) is 11.7 Å². The van der Waals surface area contributed by atoms with E-state index >= 15 is 0 Å². The Morgan fingerprint density at radius 1 is 1.18 bits per heavy atom. The number of hydrogen-bond donors (Lipinski definition) is 0. The Labute approximate surface area is 164 Å². The molecule has 1 saturated heterocycles. The second-order valence-corrected chi connectivity index (χ2v) is 7.33. The zero-order valence-electron chi connectivity index (χ0n) is 16.7. The summed E-state index contributed by atoms with van der Waals surface area (Å²) in [7, 11) is 0. The van der Waals surface area contributed by atoms with Crippen molar-refractivity contribution in [2.24, 2.45) is 5.92 Å². The van der Waals surface area contributed by atoms with Crippen molar-refractivity contribution in [2.45, 2.75) is 46.1 Å². The highest BCUT2D eigenvalue weighted by molar-refractivity contribution is 5.77. The maximum Gasteiger partial charge on any atom is 0.309 e. The first-order chi connectivity index (χ1) is 13.5. The smallest absolute Gasteiger partial charge is 0.309 e. The van der Waals surface area contributed by atoms with Gasteiger partial charge in [-0.2, -0.15) is 4.80 Å². The third-order valence-corrected chi connectivity index (χ3v) is 5.03. The Kier molecular flexibility index (Phi) is 6.38. The lowest BCUT2D eigenvalue weighted by Crippen LogP contribution is -2.42. The normalized spacial score (nSPS) is 15.1. The van der Waals surface area contributed by atoms with Crippen LogP contribution in [0.15, 0.2) is 24.3 Å². The van der Waals surface area contributed by atoms with E-state index in [9.17, 15) is 9.59 Å². The first kappa shape index (κ1) is 20.0. The van der Waals surface area contributed by atoms with Gasteiger partial charge < -0.3 is 9.64 Å². The van der Waals surface area contributed by atoms with Crippen LogP contribution in [-0.2, 0) is 20.9 Å². The number of nitrogens with zero attached hydrogens (tertiary/aromatic N) is 5. The van der Waals surface area contributed by atoms with E-state index in [1.54, 1.807) is 11.8 Å². The second kappa shape index (κ2) is 8.95. The number of carbonyl (C=O) groups excluding carboxylic acids is 2. The Hall–Kier alpha value is -2.77. The number of carbonyl (C=O) groups is 2. The fourth-order valence-corrected chi connectivity index (χ4v) is 3.29. The Morgan fingerprint density at radius 2 is 1.86 bits per heavy atom. The molecule has 150 valence electrons. The minimum atomic E-state index is -0.166. The van der Waals surface area contributed by atoms with Crippen molar-refractivity contribution in [1.29, 1.82) is 0 Å². The summed E-state index contributed by atoms with van der Waals surface area (Å²) in [6.07, 6.45) is 1.26. The van der Waals surface area contributed by atoms with Crippen molar-refractivity contribution in [1.82, 2.24) is 25.1 Å². The van der Waals surface area contributed by atoms with Crippen molar-refractivity contribution >= 4 is 11.9 Å². The standard InChI is InChI=1S/C20H27N5O3/c1-4-28-20(27)17-9-11-24(12-10-17)18(26)13-25-22-19(21-23-25)16-7-5-15(6-8-16)14(2)3/h5-8,14,17H,4,9-13H2,1-3H3. The summed E-state index contributed by atoms with van der Waals surface area (Å²) in [4.78, 5) is 27.4. The molecular weight excluding hydrogens is 358 g/mol. The summed E-state index contributed by atoms with van der Waals surface area (Å²) in [5, 5.41) is 12.4. The molecule has 0 unspecified atom stereocenters. The molecule has 2 heterocycles. The summed E-state index contributed by atoms with van der Waals surface area (Å²) < 4.78 is 5.06. The lowest BCUT2D eigenvalue weighted by atomic mass is 9.97. The Morgan fingerprint density at radius 3 is 2.46 bits per heavy atom. The largest absolute Gasteiger partial charge is 0.466 e. The summed E-state index contributed by atoms with van der Waals surface area (Å²) in [6.45, 7) is 7.60. The molecule has 8 heteroatoms. The van der Waals surface area contributed by atoms with Gasteiger partial charge in [0.05, 0.1) is 12.5 Å². The van der Waals surface area contributed by atoms with Gasteiger partial charge in [-0.05, 0) is 36.5 Å². The SMILES string of the molecule is CCOC(=O)C1CCN(C(=O)Cn2nnc(-c3ccc(C(C)C)cc3)n2)CC1. The highest BCUT2D eigenvalue weighted by atomic mass is 16.5. The molecule has 1 aliphatic rings. The van der Waals surface area contributed by atoms with Crippen LogP contribution in [0.4, 0.5) is 0 Å². The Bertz CT molecular complexity index is 808. The number of hydrogen-bond acceptors (Lipinski definition) is 6. The molecule has 0 atom stereocenters. The quantitative estimate of drug-likeness (QED) is 0.709. The first-order valence-electron chi connectivity index (χ1n) is 9.80. The van der Waals surface area contributed by atoms with Gasteiger partial charge in [-0.1, -0.05) is 38.1 Å². The molecule has 0 aliphatic carbocycles. The van der Waals surface area contributed by atoms with Crippen molar-refractivity contribution in [3.05, 3.63) is 29.8 Å². The molecule has 1 aromatic carbocycles. The predicted octanol–water partition coefficient (Wildman–Crippen LogP) is 2.27. The molecule has 1 amide bonds. The summed E-state index contributed by atoms with van der Waals surface area (Å²) in [5.41, 5.74) is 2.12. The van der Waals surface area contributed by atoms with Gasteiger partial charge in [0.25, 0.3) is 0 Å². The van der Waals surface area contributed by atoms with Gasteiger partial charge in [-0.15, -0.1) is 10.2 Å². The minimum absolute atomic E-state index is 0.0428. The average Bonchev–Trinajstić information content (AvgIpc) is 3.17. The van der Waals surface area contributed by atoms with Crippen molar-refractivity contribution in [3.63, 3.8) is 0 Å². The Balaban J connectivity index is 1.55. The maximum absolute atomic E-state index is 12.5. The molecular formula is C20H27N5O3.